The van der Waals surface area contributed by atoms with Gasteiger partial charge < -0.3 is 32.3 Å². The van der Waals surface area contributed by atoms with Crippen LogP contribution in [0.25, 0.3) is 0 Å². The number of ether oxygens (including phenoxy) is 2. The van der Waals surface area contributed by atoms with Gasteiger partial charge in [0.15, 0.2) is 39.6 Å². The summed E-state index contributed by atoms with van der Waals surface area (Å²) in [5, 5.41) is 9.09. The average Bonchev–Trinajstić information content (AvgIpc) is 2.46. The summed E-state index contributed by atoms with van der Waals surface area (Å²) in [7, 11) is -8.09. The van der Waals surface area contributed by atoms with Crippen molar-refractivity contribution in [2.75, 3.05) is 6.61 Å². The topological polar surface area (TPSA) is 92.7 Å². The minimum Gasteiger partial charge on any atom is -0.450 e. The van der Waals surface area contributed by atoms with Gasteiger partial charge in [0, 0.05) is 0 Å². The van der Waals surface area contributed by atoms with Crippen molar-refractivity contribution in [1.82, 2.24) is 0 Å². The second-order valence-corrected chi connectivity index (χ2v) is 29.8. The minimum absolute atomic E-state index is 0.152. The highest BCUT2D eigenvalue weighted by Crippen LogP contribution is 2.35. The zero-order chi connectivity index (χ0) is 24.4. The lowest BCUT2D eigenvalue weighted by atomic mass is 9.99. The van der Waals surface area contributed by atoms with E-state index in [0.29, 0.717) is 0 Å². The fraction of sp³-hybridized carbons (Fsp3) is 0.947. The first-order chi connectivity index (χ1) is 13.7. The second-order valence-electron chi connectivity index (χ2n) is 11.9. The number of hydrogen-bond donors (Lipinski definition) is 1. The molecule has 0 aromatic carbocycles. The van der Waals surface area contributed by atoms with E-state index in [1.54, 1.807) is 0 Å². The summed E-state index contributed by atoms with van der Waals surface area (Å²) in [5.74, 6) is 0. The summed E-state index contributed by atoms with van der Waals surface area (Å²) in [5.41, 5.74) is 0. The highest BCUT2D eigenvalue weighted by Gasteiger charge is 2.53. The van der Waals surface area contributed by atoms with E-state index in [4.69, 9.17) is 32.3 Å². The van der Waals surface area contributed by atoms with Gasteiger partial charge in [-0.25, -0.2) is 4.79 Å². The highest BCUT2D eigenvalue weighted by atomic mass is 28.4. The normalized spacial score (nSPS) is 28.5. The Labute approximate surface area is 192 Å². The first kappa shape index (κ1) is 29.0. The predicted molar refractivity (Wildman–Crippen MR) is 132 cm³/mol. The summed E-state index contributed by atoms with van der Waals surface area (Å²) in [6.45, 7) is 25.1. The van der Waals surface area contributed by atoms with Gasteiger partial charge in [0.05, 0.1) is 0 Å². The monoisotopic (exact) mass is 512 g/mol. The van der Waals surface area contributed by atoms with Crippen molar-refractivity contribution < 1.29 is 37.1 Å². The molecule has 184 valence electrons. The van der Waals surface area contributed by atoms with Gasteiger partial charge in [-0.1, -0.05) is 0 Å². The summed E-state index contributed by atoms with van der Waals surface area (Å²) in [4.78, 5) is 11.1. The van der Waals surface area contributed by atoms with Gasteiger partial charge in [-0.05, 0) is 78.6 Å². The molecule has 12 heteroatoms. The highest BCUT2D eigenvalue weighted by molar-refractivity contribution is 6.71. The Morgan fingerprint density at radius 1 is 0.677 bits per heavy atom. The Morgan fingerprint density at radius 3 is 1.45 bits per heavy atom. The van der Waals surface area contributed by atoms with Crippen molar-refractivity contribution in [2.24, 2.45) is 0 Å². The largest absolute Gasteiger partial charge is 0.505 e. The molecule has 8 nitrogen and oxygen atoms in total. The SMILES string of the molecule is C[Si](C)(C)O[C@H]1O[C@H](COC(=O)O)[C@@H](O[Si](C)(C)C)[C@H](O[Si](C)(C)C)[C@H]1O[Si](C)(C)C. The van der Waals surface area contributed by atoms with E-state index in [1.165, 1.54) is 0 Å². The third-order valence-electron chi connectivity index (χ3n) is 3.90. The lowest BCUT2D eigenvalue weighted by Crippen LogP contribution is -2.67. The zero-order valence-electron chi connectivity index (χ0n) is 21.4. The van der Waals surface area contributed by atoms with Crippen LogP contribution in [-0.4, -0.2) is 81.8 Å². The van der Waals surface area contributed by atoms with Gasteiger partial charge in [0.2, 0.25) is 0 Å². The zero-order valence-corrected chi connectivity index (χ0v) is 25.4. The first-order valence-corrected chi connectivity index (χ1v) is 24.5. The fourth-order valence-corrected chi connectivity index (χ4v) is 7.37. The van der Waals surface area contributed by atoms with Crippen LogP contribution in [0.5, 0.6) is 0 Å². The van der Waals surface area contributed by atoms with Crippen LogP contribution < -0.4 is 0 Å². The minimum atomic E-state index is -2.04. The van der Waals surface area contributed by atoms with Crippen molar-refractivity contribution in [2.45, 2.75) is 109 Å². The molecule has 0 aliphatic carbocycles. The number of carbonyl (C=O) groups is 1. The van der Waals surface area contributed by atoms with E-state index in [1.807, 2.05) is 0 Å². The molecule has 0 aromatic rings. The summed E-state index contributed by atoms with van der Waals surface area (Å²) < 4.78 is 37.5. The molecule has 1 aliphatic rings. The molecular weight excluding hydrogens is 469 g/mol. The fourth-order valence-electron chi connectivity index (χ4n) is 3.24. The van der Waals surface area contributed by atoms with Crippen LogP contribution in [0.1, 0.15) is 0 Å². The second kappa shape index (κ2) is 10.5. The standard InChI is InChI=1S/C19H44O8Si4/c1-28(2,3)24-15-14(13-22-19(20)21)23-18(27-31(10,11)12)17(26-30(7,8)9)16(15)25-29(4,5)6/h14-18H,13H2,1-12H3,(H,20,21)/t14-,15-,16+,17-,18-/m1/s1. The van der Waals surface area contributed by atoms with Crippen molar-refractivity contribution in [3.05, 3.63) is 0 Å². The lowest BCUT2D eigenvalue weighted by Gasteiger charge is -2.51. The molecule has 1 heterocycles. The molecule has 0 radical (unpaired) electrons. The molecule has 0 amide bonds. The maximum Gasteiger partial charge on any atom is 0.505 e. The number of carboxylic acid groups (broad SMARTS) is 1. The Bertz CT molecular complexity index is 592. The van der Waals surface area contributed by atoms with Crippen molar-refractivity contribution in [3.63, 3.8) is 0 Å². The van der Waals surface area contributed by atoms with Gasteiger partial charge >= 0.3 is 6.16 Å². The number of rotatable bonds is 10. The summed E-state index contributed by atoms with van der Waals surface area (Å²) in [6.07, 6.45) is -4.09. The maximum absolute atomic E-state index is 11.1. The van der Waals surface area contributed by atoms with E-state index >= 15 is 0 Å². The Kier molecular flexibility index (Phi) is 9.78. The number of hydrogen-bond acceptors (Lipinski definition) is 7. The van der Waals surface area contributed by atoms with E-state index in [-0.39, 0.29) is 6.61 Å². The molecule has 31 heavy (non-hydrogen) atoms. The van der Waals surface area contributed by atoms with Gasteiger partial charge in [0.1, 0.15) is 31.0 Å². The Morgan fingerprint density at radius 2 is 1.06 bits per heavy atom. The third-order valence-corrected chi connectivity index (χ3v) is 7.78. The lowest BCUT2D eigenvalue weighted by molar-refractivity contribution is -0.269. The van der Waals surface area contributed by atoms with Gasteiger partial charge in [-0.2, -0.15) is 0 Å². The van der Waals surface area contributed by atoms with Crippen LogP contribution in [-0.2, 0) is 27.2 Å². The van der Waals surface area contributed by atoms with Crippen molar-refractivity contribution in [1.29, 1.82) is 0 Å². The van der Waals surface area contributed by atoms with Crippen LogP contribution in [0.15, 0.2) is 0 Å². The molecular formula is C19H44O8Si4. The van der Waals surface area contributed by atoms with Crippen LogP contribution in [0, 0.1) is 0 Å². The molecule has 5 atom stereocenters. The van der Waals surface area contributed by atoms with Crippen molar-refractivity contribution >= 4 is 39.4 Å². The van der Waals surface area contributed by atoms with Crippen LogP contribution in [0.4, 0.5) is 4.79 Å². The molecule has 0 saturated carbocycles. The molecule has 1 rings (SSSR count). The maximum atomic E-state index is 11.1. The quantitative estimate of drug-likeness (QED) is 0.326. The Hall–Kier alpha value is -0.0625. The van der Waals surface area contributed by atoms with E-state index in [2.05, 4.69) is 78.6 Å². The molecule has 1 aliphatic heterocycles. The molecule has 1 N–H and O–H groups in total. The molecule has 1 fully saturated rings. The average molecular weight is 513 g/mol. The molecule has 0 bridgehead atoms. The van der Waals surface area contributed by atoms with Gasteiger partial charge in [0.25, 0.3) is 0 Å². The van der Waals surface area contributed by atoms with E-state index in [9.17, 15) is 4.79 Å². The molecule has 0 unspecified atom stereocenters. The molecule has 0 spiro atoms. The first-order valence-electron chi connectivity index (χ1n) is 10.9. The van der Waals surface area contributed by atoms with E-state index in [0.717, 1.165) is 0 Å². The van der Waals surface area contributed by atoms with E-state index < -0.39 is 70.1 Å². The summed E-state index contributed by atoms with van der Waals surface area (Å²) in [6, 6.07) is 0. The Balaban J connectivity index is 3.48. The van der Waals surface area contributed by atoms with Crippen LogP contribution >= 0.6 is 0 Å². The third kappa shape index (κ3) is 11.6. The van der Waals surface area contributed by atoms with Gasteiger partial charge in [-0.15, -0.1) is 0 Å². The molecule has 0 aromatic heterocycles. The van der Waals surface area contributed by atoms with Crippen LogP contribution in [0.3, 0.4) is 0 Å². The summed E-state index contributed by atoms with van der Waals surface area (Å²) >= 11 is 0. The predicted octanol–water partition coefficient (Wildman–Crippen LogP) is 4.92. The van der Waals surface area contributed by atoms with Gasteiger partial charge in [-0.3, -0.25) is 0 Å². The van der Waals surface area contributed by atoms with Crippen LogP contribution in [0.2, 0.25) is 78.6 Å². The van der Waals surface area contributed by atoms with Crippen molar-refractivity contribution in [3.8, 4) is 0 Å². The molecule has 1 saturated heterocycles. The smallest absolute Gasteiger partial charge is 0.450 e.